The normalized spacial score (nSPS) is 12.5. The number of nitrogens with zero attached hydrogens (tertiary/aromatic N) is 1. The lowest BCUT2D eigenvalue weighted by Crippen LogP contribution is -2.28. The van der Waals surface area contributed by atoms with Crippen molar-refractivity contribution in [3.63, 3.8) is 0 Å². The van der Waals surface area contributed by atoms with Gasteiger partial charge in [0, 0.05) is 25.2 Å². The van der Waals surface area contributed by atoms with E-state index in [-0.39, 0.29) is 12.6 Å². The second kappa shape index (κ2) is 5.50. The van der Waals surface area contributed by atoms with Gasteiger partial charge in [0.25, 0.3) is 0 Å². The topological polar surface area (TPSA) is 54.4 Å². The molecule has 0 bridgehead atoms. The SMILES string of the molecule is COCC(CO)Nc1ccncc1. The Labute approximate surface area is 77.6 Å². The van der Waals surface area contributed by atoms with Crippen LogP contribution in [0.2, 0.25) is 0 Å². The Morgan fingerprint density at radius 1 is 1.54 bits per heavy atom. The Morgan fingerprint density at radius 2 is 2.23 bits per heavy atom. The summed E-state index contributed by atoms with van der Waals surface area (Å²) in [6.07, 6.45) is 3.40. The number of aromatic nitrogens is 1. The number of hydrogen-bond donors (Lipinski definition) is 2. The third-order valence-electron chi connectivity index (χ3n) is 1.64. The van der Waals surface area contributed by atoms with Gasteiger partial charge in [0.2, 0.25) is 0 Å². The smallest absolute Gasteiger partial charge is 0.0725 e. The van der Waals surface area contributed by atoms with Gasteiger partial charge in [-0.3, -0.25) is 4.98 Å². The molecule has 1 aromatic heterocycles. The number of nitrogens with one attached hydrogen (secondary N) is 1. The highest BCUT2D eigenvalue weighted by Gasteiger charge is 2.05. The summed E-state index contributed by atoms with van der Waals surface area (Å²) in [6.45, 7) is 0.537. The summed E-state index contributed by atoms with van der Waals surface area (Å²) in [4.78, 5) is 3.89. The zero-order valence-corrected chi connectivity index (χ0v) is 7.60. The molecular weight excluding hydrogens is 168 g/mol. The van der Waals surface area contributed by atoms with Crippen molar-refractivity contribution in [3.8, 4) is 0 Å². The number of pyridine rings is 1. The predicted octanol–water partition coefficient (Wildman–Crippen LogP) is 0.501. The van der Waals surface area contributed by atoms with Crippen LogP contribution in [-0.4, -0.2) is 36.5 Å². The second-order valence-electron chi connectivity index (χ2n) is 2.72. The highest BCUT2D eigenvalue weighted by molar-refractivity contribution is 5.41. The van der Waals surface area contributed by atoms with Gasteiger partial charge in [-0.05, 0) is 12.1 Å². The van der Waals surface area contributed by atoms with E-state index in [0.29, 0.717) is 6.61 Å². The van der Waals surface area contributed by atoms with Gasteiger partial charge in [0.05, 0.1) is 19.3 Å². The van der Waals surface area contributed by atoms with Crippen molar-refractivity contribution in [2.45, 2.75) is 6.04 Å². The second-order valence-corrected chi connectivity index (χ2v) is 2.72. The lowest BCUT2D eigenvalue weighted by molar-refractivity contribution is 0.153. The predicted molar refractivity (Wildman–Crippen MR) is 50.6 cm³/mol. The average Bonchev–Trinajstić information content (AvgIpc) is 2.19. The molecular formula is C9H14N2O2. The Morgan fingerprint density at radius 3 is 2.77 bits per heavy atom. The van der Waals surface area contributed by atoms with Gasteiger partial charge >= 0.3 is 0 Å². The van der Waals surface area contributed by atoms with Gasteiger partial charge in [-0.2, -0.15) is 0 Å². The fourth-order valence-electron chi connectivity index (χ4n) is 1.03. The summed E-state index contributed by atoms with van der Waals surface area (Å²) < 4.78 is 4.93. The van der Waals surface area contributed by atoms with E-state index in [9.17, 15) is 0 Å². The number of aliphatic hydroxyl groups is 1. The van der Waals surface area contributed by atoms with Crippen LogP contribution in [0.5, 0.6) is 0 Å². The van der Waals surface area contributed by atoms with Crippen LogP contribution in [0.25, 0.3) is 0 Å². The van der Waals surface area contributed by atoms with Crippen LogP contribution < -0.4 is 5.32 Å². The Hall–Kier alpha value is -1.13. The monoisotopic (exact) mass is 182 g/mol. The minimum atomic E-state index is -0.0626. The molecule has 0 radical (unpaired) electrons. The molecule has 0 aliphatic carbocycles. The molecule has 72 valence electrons. The first-order chi connectivity index (χ1) is 6.36. The minimum Gasteiger partial charge on any atom is -0.394 e. The van der Waals surface area contributed by atoms with Gasteiger partial charge < -0.3 is 15.2 Å². The van der Waals surface area contributed by atoms with Gasteiger partial charge in [0.1, 0.15) is 0 Å². The zero-order chi connectivity index (χ0) is 9.52. The Bertz CT molecular complexity index is 228. The van der Waals surface area contributed by atoms with Crippen molar-refractivity contribution in [3.05, 3.63) is 24.5 Å². The van der Waals surface area contributed by atoms with Crippen LogP contribution in [-0.2, 0) is 4.74 Å². The Kier molecular flexibility index (Phi) is 4.21. The molecule has 0 aromatic carbocycles. The zero-order valence-electron chi connectivity index (χ0n) is 7.60. The maximum atomic E-state index is 8.96. The number of anilines is 1. The lowest BCUT2D eigenvalue weighted by Gasteiger charge is -2.15. The van der Waals surface area contributed by atoms with E-state index in [4.69, 9.17) is 9.84 Å². The molecule has 1 heterocycles. The van der Waals surface area contributed by atoms with Crippen LogP contribution in [0, 0.1) is 0 Å². The third-order valence-corrected chi connectivity index (χ3v) is 1.64. The first-order valence-electron chi connectivity index (χ1n) is 4.13. The van der Waals surface area contributed by atoms with E-state index >= 15 is 0 Å². The Balaban J connectivity index is 2.46. The summed E-state index contributed by atoms with van der Waals surface area (Å²) in [5, 5.41) is 12.1. The molecule has 1 rings (SSSR count). The number of methoxy groups -OCH3 is 1. The molecule has 13 heavy (non-hydrogen) atoms. The first-order valence-corrected chi connectivity index (χ1v) is 4.13. The van der Waals surface area contributed by atoms with Crippen LogP contribution in [0.15, 0.2) is 24.5 Å². The van der Waals surface area contributed by atoms with Crippen LogP contribution in [0.1, 0.15) is 0 Å². The van der Waals surface area contributed by atoms with Crippen molar-refractivity contribution in [2.75, 3.05) is 25.6 Å². The summed E-state index contributed by atoms with van der Waals surface area (Å²) in [7, 11) is 1.61. The van der Waals surface area contributed by atoms with Crippen molar-refractivity contribution < 1.29 is 9.84 Å². The van der Waals surface area contributed by atoms with E-state index in [2.05, 4.69) is 10.3 Å². The maximum Gasteiger partial charge on any atom is 0.0725 e. The summed E-state index contributed by atoms with van der Waals surface area (Å²) in [6, 6.07) is 3.63. The van der Waals surface area contributed by atoms with Gasteiger partial charge in [-0.1, -0.05) is 0 Å². The van der Waals surface area contributed by atoms with Crippen molar-refractivity contribution >= 4 is 5.69 Å². The number of rotatable bonds is 5. The highest BCUT2D eigenvalue weighted by atomic mass is 16.5. The van der Waals surface area contributed by atoms with Gasteiger partial charge in [-0.25, -0.2) is 0 Å². The standard InChI is InChI=1S/C9H14N2O2/c1-13-7-9(6-12)11-8-2-4-10-5-3-8/h2-5,9,12H,6-7H2,1H3,(H,10,11). The molecule has 1 atom stereocenters. The van der Waals surface area contributed by atoms with E-state index in [0.717, 1.165) is 5.69 Å². The van der Waals surface area contributed by atoms with Gasteiger partial charge in [-0.15, -0.1) is 0 Å². The van der Waals surface area contributed by atoms with Crippen molar-refractivity contribution in [1.29, 1.82) is 0 Å². The summed E-state index contributed by atoms with van der Waals surface area (Å²) in [5.74, 6) is 0. The molecule has 4 nitrogen and oxygen atoms in total. The molecule has 1 aromatic rings. The molecule has 0 fully saturated rings. The maximum absolute atomic E-state index is 8.96. The molecule has 0 saturated heterocycles. The number of aliphatic hydroxyl groups excluding tert-OH is 1. The number of hydrogen-bond acceptors (Lipinski definition) is 4. The molecule has 4 heteroatoms. The summed E-state index contributed by atoms with van der Waals surface area (Å²) in [5.41, 5.74) is 0.936. The fourth-order valence-corrected chi connectivity index (χ4v) is 1.03. The summed E-state index contributed by atoms with van der Waals surface area (Å²) >= 11 is 0. The number of ether oxygens (including phenoxy) is 1. The molecule has 0 spiro atoms. The largest absolute Gasteiger partial charge is 0.394 e. The fraction of sp³-hybridized carbons (Fsp3) is 0.444. The van der Waals surface area contributed by atoms with Crippen LogP contribution in [0.4, 0.5) is 5.69 Å². The molecule has 0 aliphatic heterocycles. The minimum absolute atomic E-state index is 0.0517. The quantitative estimate of drug-likeness (QED) is 0.696. The molecule has 0 aliphatic rings. The average molecular weight is 182 g/mol. The van der Waals surface area contributed by atoms with E-state index < -0.39 is 0 Å². The van der Waals surface area contributed by atoms with Crippen LogP contribution >= 0.6 is 0 Å². The molecule has 1 unspecified atom stereocenters. The lowest BCUT2D eigenvalue weighted by atomic mass is 10.3. The molecule has 0 saturated carbocycles. The molecule has 2 N–H and O–H groups in total. The van der Waals surface area contributed by atoms with Crippen LogP contribution in [0.3, 0.4) is 0 Å². The van der Waals surface area contributed by atoms with E-state index in [1.54, 1.807) is 19.5 Å². The van der Waals surface area contributed by atoms with E-state index in [1.165, 1.54) is 0 Å². The third kappa shape index (κ3) is 3.40. The first kappa shape index (κ1) is 9.95. The van der Waals surface area contributed by atoms with Crippen molar-refractivity contribution in [2.24, 2.45) is 0 Å². The van der Waals surface area contributed by atoms with Gasteiger partial charge in [0.15, 0.2) is 0 Å². The molecule has 0 amide bonds. The van der Waals surface area contributed by atoms with Crippen molar-refractivity contribution in [1.82, 2.24) is 4.98 Å². The van der Waals surface area contributed by atoms with E-state index in [1.807, 2.05) is 12.1 Å². The highest BCUT2D eigenvalue weighted by Crippen LogP contribution is 2.05.